The van der Waals surface area contributed by atoms with Crippen molar-refractivity contribution in [2.45, 2.75) is 25.9 Å². The summed E-state index contributed by atoms with van der Waals surface area (Å²) in [6.45, 7) is 1.91. The number of hydrogen-bond donors (Lipinski definition) is 1. The van der Waals surface area contributed by atoms with Crippen molar-refractivity contribution in [2.24, 2.45) is 0 Å². The number of nitriles is 1. The molecule has 0 unspecified atom stereocenters. The molecular formula is C22H21FN8O3. The van der Waals surface area contributed by atoms with Crippen LogP contribution in [0.1, 0.15) is 33.1 Å². The number of ether oxygens (including phenoxy) is 1. The van der Waals surface area contributed by atoms with Crippen molar-refractivity contribution >= 4 is 11.8 Å². The molecule has 4 heterocycles. The molecule has 2 aliphatic rings. The highest BCUT2D eigenvalue weighted by molar-refractivity contribution is 5.92. The second-order valence-corrected chi connectivity index (χ2v) is 8.11. The topological polar surface area (TPSA) is 133 Å². The number of hydrogen-bond acceptors (Lipinski definition) is 7. The average molecular weight is 464 g/mol. The summed E-state index contributed by atoms with van der Waals surface area (Å²) in [5.74, 6) is -1.19. The quantitative estimate of drug-likeness (QED) is 0.600. The maximum absolute atomic E-state index is 14.0. The molecule has 0 spiro atoms. The number of aromatic amines is 1. The van der Waals surface area contributed by atoms with Crippen molar-refractivity contribution < 1.29 is 18.7 Å². The van der Waals surface area contributed by atoms with Crippen LogP contribution in [0.3, 0.4) is 0 Å². The Hall–Kier alpha value is -4.27. The predicted octanol–water partition coefficient (Wildman–Crippen LogP) is 0.674. The van der Waals surface area contributed by atoms with Crippen LogP contribution in [0.5, 0.6) is 5.75 Å². The molecule has 34 heavy (non-hydrogen) atoms. The molecule has 0 radical (unpaired) electrons. The van der Waals surface area contributed by atoms with Crippen LogP contribution in [0.2, 0.25) is 0 Å². The van der Waals surface area contributed by atoms with Crippen molar-refractivity contribution in [3.8, 4) is 11.8 Å². The number of carbonyl (C=O) groups excluding carboxylic acids is 2. The van der Waals surface area contributed by atoms with Gasteiger partial charge in [0.05, 0.1) is 30.4 Å². The first kappa shape index (κ1) is 21.6. The van der Waals surface area contributed by atoms with Gasteiger partial charge >= 0.3 is 0 Å². The molecule has 2 aromatic heterocycles. The standard InChI is InChI=1S/C22H21FN8O3/c23-16-9-14(11-24)1-2-20(16)34-13-21(32)29-5-3-15-10-18(27-31(15)8-7-29)22(33)30-6-4-17-19(12-30)26-28-25-17/h1-2,9-10H,3-8,12-13H2,(H,25,26,28). The highest BCUT2D eigenvalue weighted by Crippen LogP contribution is 2.20. The van der Waals surface area contributed by atoms with E-state index in [1.54, 1.807) is 20.5 Å². The molecule has 1 N–H and O–H groups in total. The maximum Gasteiger partial charge on any atom is 0.274 e. The molecular weight excluding hydrogens is 443 g/mol. The number of aromatic nitrogens is 5. The average Bonchev–Trinajstić information content (AvgIpc) is 3.44. The van der Waals surface area contributed by atoms with Gasteiger partial charge in [0.25, 0.3) is 11.8 Å². The first-order chi connectivity index (χ1) is 16.5. The van der Waals surface area contributed by atoms with E-state index in [1.165, 1.54) is 12.1 Å². The number of nitrogens with zero attached hydrogens (tertiary/aromatic N) is 7. The Bertz CT molecular complexity index is 1270. The fourth-order valence-corrected chi connectivity index (χ4v) is 4.14. The van der Waals surface area contributed by atoms with Crippen LogP contribution < -0.4 is 4.74 Å². The molecule has 3 aromatic rings. The van der Waals surface area contributed by atoms with Gasteiger partial charge in [0, 0.05) is 38.2 Å². The smallest absolute Gasteiger partial charge is 0.274 e. The Morgan fingerprint density at radius 2 is 1.91 bits per heavy atom. The second kappa shape index (κ2) is 8.93. The maximum atomic E-state index is 14.0. The molecule has 0 atom stereocenters. The Kier molecular flexibility index (Phi) is 5.67. The Morgan fingerprint density at radius 3 is 2.74 bits per heavy atom. The summed E-state index contributed by atoms with van der Waals surface area (Å²) in [6.07, 6.45) is 1.18. The van der Waals surface area contributed by atoms with Gasteiger partial charge in [-0.15, -0.1) is 0 Å². The molecule has 0 saturated carbocycles. The number of benzene rings is 1. The minimum atomic E-state index is -0.687. The number of halogens is 1. The highest BCUT2D eigenvalue weighted by Gasteiger charge is 2.28. The number of rotatable bonds is 4. The summed E-state index contributed by atoms with van der Waals surface area (Å²) >= 11 is 0. The van der Waals surface area contributed by atoms with Gasteiger partial charge in [0.1, 0.15) is 5.69 Å². The lowest BCUT2D eigenvalue weighted by Gasteiger charge is -2.24. The number of amides is 2. The molecule has 5 rings (SSSR count). The van der Waals surface area contributed by atoms with E-state index < -0.39 is 5.82 Å². The zero-order chi connectivity index (χ0) is 23.7. The van der Waals surface area contributed by atoms with Crippen molar-refractivity contribution in [1.82, 2.24) is 35.0 Å². The van der Waals surface area contributed by atoms with E-state index in [2.05, 4.69) is 20.5 Å². The monoisotopic (exact) mass is 464 g/mol. The van der Waals surface area contributed by atoms with Crippen LogP contribution in [0, 0.1) is 17.1 Å². The Balaban J connectivity index is 1.18. The van der Waals surface area contributed by atoms with Gasteiger partial charge in [0.15, 0.2) is 23.9 Å². The third-order valence-electron chi connectivity index (χ3n) is 6.02. The molecule has 2 amide bonds. The Labute approximate surface area is 193 Å². The van der Waals surface area contributed by atoms with Crippen LogP contribution in [0.15, 0.2) is 24.3 Å². The molecule has 0 saturated heterocycles. The molecule has 1 aromatic carbocycles. The number of nitrogens with one attached hydrogen (secondary N) is 1. The van der Waals surface area contributed by atoms with Crippen molar-refractivity contribution in [2.75, 3.05) is 26.2 Å². The fraction of sp³-hybridized carbons (Fsp3) is 0.364. The minimum Gasteiger partial charge on any atom is -0.481 e. The van der Waals surface area contributed by atoms with E-state index in [0.29, 0.717) is 51.3 Å². The summed E-state index contributed by atoms with van der Waals surface area (Å²) < 4.78 is 21.1. The van der Waals surface area contributed by atoms with E-state index in [-0.39, 0.29) is 29.7 Å². The summed E-state index contributed by atoms with van der Waals surface area (Å²) in [5, 5.41) is 24.1. The van der Waals surface area contributed by atoms with E-state index >= 15 is 0 Å². The molecule has 0 fully saturated rings. The van der Waals surface area contributed by atoms with Crippen molar-refractivity contribution in [3.05, 3.63) is 58.4 Å². The van der Waals surface area contributed by atoms with Gasteiger partial charge in [0.2, 0.25) is 0 Å². The van der Waals surface area contributed by atoms with Crippen LogP contribution in [-0.2, 0) is 30.7 Å². The van der Waals surface area contributed by atoms with Gasteiger partial charge < -0.3 is 14.5 Å². The molecule has 0 bridgehead atoms. The number of carbonyl (C=O) groups is 2. The van der Waals surface area contributed by atoms with Gasteiger partial charge in [-0.1, -0.05) is 0 Å². The Morgan fingerprint density at radius 1 is 1.09 bits per heavy atom. The van der Waals surface area contributed by atoms with Crippen LogP contribution in [0.25, 0.3) is 0 Å². The van der Waals surface area contributed by atoms with E-state index in [1.807, 2.05) is 6.07 Å². The third kappa shape index (κ3) is 4.19. The molecule has 12 heteroatoms. The molecule has 0 aliphatic carbocycles. The van der Waals surface area contributed by atoms with Crippen molar-refractivity contribution in [1.29, 1.82) is 5.26 Å². The fourth-order valence-electron chi connectivity index (χ4n) is 4.14. The molecule has 174 valence electrons. The first-order valence-electron chi connectivity index (χ1n) is 10.9. The van der Waals surface area contributed by atoms with Crippen LogP contribution in [0.4, 0.5) is 4.39 Å². The van der Waals surface area contributed by atoms with Gasteiger partial charge in [-0.05, 0) is 24.3 Å². The van der Waals surface area contributed by atoms with E-state index in [9.17, 15) is 14.0 Å². The lowest BCUT2D eigenvalue weighted by molar-refractivity contribution is -0.133. The van der Waals surface area contributed by atoms with Gasteiger partial charge in [-0.3, -0.25) is 14.3 Å². The molecule has 2 aliphatic heterocycles. The third-order valence-corrected chi connectivity index (χ3v) is 6.02. The van der Waals surface area contributed by atoms with Crippen molar-refractivity contribution in [3.63, 3.8) is 0 Å². The summed E-state index contributed by atoms with van der Waals surface area (Å²) in [7, 11) is 0. The largest absolute Gasteiger partial charge is 0.481 e. The number of H-pyrrole nitrogens is 1. The zero-order valence-electron chi connectivity index (χ0n) is 18.2. The lowest BCUT2D eigenvalue weighted by atomic mass is 10.1. The minimum absolute atomic E-state index is 0.0753. The summed E-state index contributed by atoms with van der Waals surface area (Å²) in [6, 6.07) is 7.46. The lowest BCUT2D eigenvalue weighted by Crippen LogP contribution is -2.37. The SMILES string of the molecule is N#Cc1ccc(OCC(=O)N2CCc3cc(C(=O)N4CCc5n[nH]nc5C4)nn3CC2)c(F)c1. The summed E-state index contributed by atoms with van der Waals surface area (Å²) in [5.41, 5.74) is 3.09. The highest BCUT2D eigenvalue weighted by atomic mass is 19.1. The van der Waals surface area contributed by atoms with Crippen LogP contribution >= 0.6 is 0 Å². The van der Waals surface area contributed by atoms with Gasteiger partial charge in [-0.25, -0.2) is 4.39 Å². The normalized spacial score (nSPS) is 15.2. The zero-order valence-corrected chi connectivity index (χ0v) is 18.2. The van der Waals surface area contributed by atoms with E-state index in [4.69, 9.17) is 10.00 Å². The number of fused-ring (bicyclic) bond motifs is 2. The molecule has 11 nitrogen and oxygen atoms in total. The second-order valence-electron chi connectivity index (χ2n) is 8.11. The van der Waals surface area contributed by atoms with E-state index in [0.717, 1.165) is 23.1 Å². The first-order valence-corrected chi connectivity index (χ1v) is 10.9. The predicted molar refractivity (Wildman–Crippen MR) is 114 cm³/mol. The summed E-state index contributed by atoms with van der Waals surface area (Å²) in [4.78, 5) is 28.9. The van der Waals surface area contributed by atoms with Crippen LogP contribution in [-0.4, -0.2) is 73.0 Å². The van der Waals surface area contributed by atoms with Gasteiger partial charge in [-0.2, -0.15) is 25.8 Å².